The van der Waals surface area contributed by atoms with Crippen LogP contribution >= 0.6 is 0 Å². The molecule has 1 aromatic heterocycles. The molecule has 0 unspecified atom stereocenters. The second-order valence-corrected chi connectivity index (χ2v) is 7.47. The lowest BCUT2D eigenvalue weighted by atomic mass is 10.2. The molecule has 0 bridgehead atoms. The summed E-state index contributed by atoms with van der Waals surface area (Å²) in [5, 5.41) is 0. The van der Waals surface area contributed by atoms with Gasteiger partial charge in [0, 0.05) is 7.05 Å². The summed E-state index contributed by atoms with van der Waals surface area (Å²) in [6.07, 6.45) is 0. The quantitative estimate of drug-likeness (QED) is 0.690. The van der Waals surface area contributed by atoms with Gasteiger partial charge in [-0.3, -0.25) is 4.79 Å². The number of aryl methyl sites for hydroxylation is 2. The van der Waals surface area contributed by atoms with Crippen LogP contribution in [-0.4, -0.2) is 29.5 Å². The third-order valence-corrected chi connectivity index (χ3v) is 5.37. The lowest BCUT2D eigenvalue weighted by Gasteiger charge is -2.05. The fraction of sp³-hybridized carbons (Fsp3) is 0.176. The molecule has 2 aromatic carbocycles. The summed E-state index contributed by atoms with van der Waals surface area (Å²) >= 11 is 0. The van der Waals surface area contributed by atoms with Gasteiger partial charge in [0.2, 0.25) is 5.78 Å². The molecule has 0 aliphatic carbocycles. The lowest BCUT2D eigenvalue weighted by molar-refractivity contribution is 0.100. The van der Waals surface area contributed by atoms with Crippen LogP contribution in [0, 0.1) is 6.92 Å². The first-order chi connectivity index (χ1) is 10.9. The minimum absolute atomic E-state index is 0.148. The Balaban J connectivity index is 1.94. The number of hydrogen-bond acceptors (Lipinski definition) is 4. The standard InChI is InChI=1S/C17H16N2O3S/c1-12-7-9-13(10-8-12)23(21,22)11-16(20)17-18-14-5-3-4-6-15(14)19(17)2/h3-10H,11H2,1-2H3. The maximum absolute atomic E-state index is 12.4. The van der Waals surface area contributed by atoms with Gasteiger partial charge in [-0.15, -0.1) is 0 Å². The molecule has 3 rings (SSSR count). The van der Waals surface area contributed by atoms with E-state index in [0.717, 1.165) is 11.1 Å². The first-order valence-electron chi connectivity index (χ1n) is 7.12. The average Bonchev–Trinajstić information content (AvgIpc) is 2.85. The van der Waals surface area contributed by atoms with E-state index in [4.69, 9.17) is 0 Å². The van der Waals surface area contributed by atoms with Crippen LogP contribution in [0.4, 0.5) is 0 Å². The van der Waals surface area contributed by atoms with Crippen molar-refractivity contribution in [3.05, 3.63) is 59.9 Å². The van der Waals surface area contributed by atoms with Crippen LogP contribution in [0.1, 0.15) is 16.2 Å². The monoisotopic (exact) mass is 328 g/mol. The second kappa shape index (κ2) is 5.62. The lowest BCUT2D eigenvalue weighted by Crippen LogP contribution is -2.19. The van der Waals surface area contributed by atoms with Gasteiger partial charge in [-0.2, -0.15) is 0 Å². The molecule has 0 amide bonds. The van der Waals surface area contributed by atoms with Gasteiger partial charge in [-0.25, -0.2) is 13.4 Å². The summed E-state index contributed by atoms with van der Waals surface area (Å²) in [4.78, 5) is 16.8. The highest BCUT2D eigenvalue weighted by Crippen LogP contribution is 2.17. The van der Waals surface area contributed by atoms with Gasteiger partial charge in [0.05, 0.1) is 15.9 Å². The fourth-order valence-electron chi connectivity index (χ4n) is 2.46. The van der Waals surface area contributed by atoms with Crippen molar-refractivity contribution in [2.45, 2.75) is 11.8 Å². The molecule has 0 saturated carbocycles. The van der Waals surface area contributed by atoms with Crippen molar-refractivity contribution < 1.29 is 13.2 Å². The Kier molecular flexibility index (Phi) is 3.77. The minimum atomic E-state index is -3.68. The summed E-state index contributed by atoms with van der Waals surface area (Å²) in [6, 6.07) is 13.8. The van der Waals surface area contributed by atoms with Gasteiger partial charge in [0.15, 0.2) is 15.7 Å². The number of fused-ring (bicyclic) bond motifs is 1. The van der Waals surface area contributed by atoms with Gasteiger partial charge in [0.25, 0.3) is 0 Å². The van der Waals surface area contributed by atoms with Gasteiger partial charge >= 0.3 is 0 Å². The third kappa shape index (κ3) is 2.90. The normalized spacial score (nSPS) is 11.7. The minimum Gasteiger partial charge on any atom is -0.325 e. The van der Waals surface area contributed by atoms with E-state index in [1.807, 2.05) is 25.1 Å². The van der Waals surface area contributed by atoms with Crippen molar-refractivity contribution in [3.8, 4) is 0 Å². The molecule has 6 heteroatoms. The molecule has 0 atom stereocenters. The molecule has 0 spiro atoms. The number of aromatic nitrogens is 2. The fourth-order valence-corrected chi connectivity index (χ4v) is 3.65. The van der Waals surface area contributed by atoms with Crippen LogP contribution in [0.2, 0.25) is 0 Å². The molecule has 0 N–H and O–H groups in total. The van der Waals surface area contributed by atoms with E-state index < -0.39 is 21.4 Å². The number of ketones is 1. The van der Waals surface area contributed by atoms with Gasteiger partial charge in [0.1, 0.15) is 5.75 Å². The molecule has 0 saturated heterocycles. The molecule has 0 fully saturated rings. The number of para-hydroxylation sites is 2. The Morgan fingerprint density at radius 1 is 1.09 bits per heavy atom. The summed E-state index contributed by atoms with van der Waals surface area (Å²) in [6.45, 7) is 1.88. The van der Waals surface area contributed by atoms with E-state index in [1.165, 1.54) is 12.1 Å². The number of benzene rings is 2. The highest BCUT2D eigenvalue weighted by molar-refractivity contribution is 7.92. The Labute approximate surface area is 134 Å². The van der Waals surface area contributed by atoms with Gasteiger partial charge < -0.3 is 4.57 Å². The maximum atomic E-state index is 12.4. The highest BCUT2D eigenvalue weighted by Gasteiger charge is 2.24. The van der Waals surface area contributed by atoms with Crippen molar-refractivity contribution in [2.75, 3.05) is 5.75 Å². The van der Waals surface area contributed by atoms with Crippen LogP contribution in [0.25, 0.3) is 11.0 Å². The van der Waals surface area contributed by atoms with E-state index in [2.05, 4.69) is 4.98 Å². The summed E-state index contributed by atoms with van der Waals surface area (Å²) in [5.41, 5.74) is 2.43. The van der Waals surface area contributed by atoms with Crippen molar-refractivity contribution in [1.82, 2.24) is 9.55 Å². The zero-order valence-corrected chi connectivity index (χ0v) is 13.7. The molecule has 3 aromatic rings. The Bertz CT molecular complexity index is 986. The van der Waals surface area contributed by atoms with Crippen LogP contribution in [0.5, 0.6) is 0 Å². The van der Waals surface area contributed by atoms with E-state index >= 15 is 0 Å². The average molecular weight is 328 g/mol. The molecular formula is C17H16N2O3S. The first kappa shape index (κ1) is 15.4. The molecule has 118 valence electrons. The highest BCUT2D eigenvalue weighted by atomic mass is 32.2. The van der Waals surface area contributed by atoms with E-state index in [0.29, 0.717) is 5.52 Å². The molecular weight excluding hydrogens is 312 g/mol. The number of imidazole rings is 1. The topological polar surface area (TPSA) is 69.0 Å². The third-order valence-electron chi connectivity index (χ3n) is 3.74. The predicted molar refractivity (Wildman–Crippen MR) is 88.3 cm³/mol. The Hall–Kier alpha value is -2.47. The van der Waals surface area contributed by atoms with Gasteiger partial charge in [-0.05, 0) is 31.2 Å². The number of carbonyl (C=O) groups excluding carboxylic acids is 1. The number of sulfone groups is 1. The van der Waals surface area contributed by atoms with E-state index in [1.54, 1.807) is 29.8 Å². The SMILES string of the molecule is Cc1ccc(S(=O)(=O)CC(=O)c2nc3ccccc3n2C)cc1. The number of hydrogen-bond donors (Lipinski definition) is 0. The van der Waals surface area contributed by atoms with Gasteiger partial charge in [-0.1, -0.05) is 29.8 Å². The van der Waals surface area contributed by atoms with Crippen molar-refractivity contribution in [1.29, 1.82) is 0 Å². The molecule has 5 nitrogen and oxygen atoms in total. The maximum Gasteiger partial charge on any atom is 0.213 e. The Morgan fingerprint density at radius 3 is 2.39 bits per heavy atom. The summed E-state index contributed by atoms with van der Waals surface area (Å²) in [5.74, 6) is -0.945. The Morgan fingerprint density at radius 2 is 1.74 bits per heavy atom. The summed E-state index contributed by atoms with van der Waals surface area (Å²) < 4.78 is 26.4. The zero-order chi connectivity index (χ0) is 16.6. The smallest absolute Gasteiger partial charge is 0.213 e. The van der Waals surface area contributed by atoms with Crippen molar-refractivity contribution >= 4 is 26.7 Å². The molecule has 23 heavy (non-hydrogen) atoms. The molecule has 1 heterocycles. The van der Waals surface area contributed by atoms with Crippen LogP contribution in [0.3, 0.4) is 0 Å². The van der Waals surface area contributed by atoms with Crippen molar-refractivity contribution in [3.63, 3.8) is 0 Å². The number of nitrogens with zero attached hydrogens (tertiary/aromatic N) is 2. The van der Waals surface area contributed by atoms with Crippen molar-refractivity contribution in [2.24, 2.45) is 7.05 Å². The first-order valence-corrected chi connectivity index (χ1v) is 8.78. The zero-order valence-electron chi connectivity index (χ0n) is 12.9. The second-order valence-electron chi connectivity index (χ2n) is 5.48. The molecule has 0 radical (unpaired) electrons. The van der Waals surface area contributed by atoms with Crippen LogP contribution in [-0.2, 0) is 16.9 Å². The largest absolute Gasteiger partial charge is 0.325 e. The summed E-state index contributed by atoms with van der Waals surface area (Å²) in [7, 11) is -1.97. The van der Waals surface area contributed by atoms with E-state index in [-0.39, 0.29) is 10.7 Å². The number of rotatable bonds is 4. The molecule has 0 aliphatic rings. The molecule has 0 aliphatic heterocycles. The predicted octanol–water partition coefficient (Wildman–Crippen LogP) is 2.54. The number of Topliss-reactive ketones (excluding diaryl/α,β-unsaturated/α-hetero) is 1. The number of carbonyl (C=O) groups is 1. The van der Waals surface area contributed by atoms with Crippen LogP contribution in [0.15, 0.2) is 53.4 Å². The van der Waals surface area contributed by atoms with E-state index in [9.17, 15) is 13.2 Å². The van der Waals surface area contributed by atoms with Crippen LogP contribution < -0.4 is 0 Å².